The molecule has 0 aliphatic carbocycles. The molecule has 112 valence electrons. The van der Waals surface area contributed by atoms with Gasteiger partial charge in [0.2, 0.25) is 0 Å². The second-order valence-corrected chi connectivity index (χ2v) is 4.28. The van der Waals surface area contributed by atoms with E-state index in [2.05, 4.69) is 22.4 Å². The normalized spacial score (nSPS) is 10.0. The lowest BCUT2D eigenvalue weighted by Gasteiger charge is -2.08. The van der Waals surface area contributed by atoms with Gasteiger partial charge in [-0.05, 0) is 36.0 Å². The Morgan fingerprint density at radius 3 is 2.86 bits per heavy atom. The molecular weight excluding hydrogens is 290 g/mol. The molecule has 0 heterocycles. The molecule has 0 fully saturated rings. The average Bonchev–Trinajstić information content (AvgIpc) is 2.46. The highest BCUT2D eigenvalue weighted by Gasteiger charge is 2.07. The Bertz CT molecular complexity index is 558. The quantitative estimate of drug-likeness (QED) is 0.208. The van der Waals surface area contributed by atoms with Gasteiger partial charge in [-0.25, -0.2) is 0 Å². The molecule has 0 bridgehead atoms. The standard InChI is InChI=1S/C14H17N3O3S/c1-4-7-15-14(21)17-16-9-11-5-6-12(20-10(2)18)13(8-11)19-3/h4-6,8-9H,1,7H2,2-3H3,(H2,15,17,21)/b16-9-. The van der Waals surface area contributed by atoms with Crippen LogP contribution in [0.4, 0.5) is 0 Å². The summed E-state index contributed by atoms with van der Waals surface area (Å²) in [5, 5.41) is 7.26. The lowest BCUT2D eigenvalue weighted by Crippen LogP contribution is -2.31. The van der Waals surface area contributed by atoms with Crippen LogP contribution in [-0.4, -0.2) is 31.0 Å². The molecule has 0 aliphatic heterocycles. The van der Waals surface area contributed by atoms with Crippen molar-refractivity contribution in [3.63, 3.8) is 0 Å². The molecule has 6 nitrogen and oxygen atoms in total. The molecule has 0 amide bonds. The van der Waals surface area contributed by atoms with Crippen molar-refractivity contribution in [2.45, 2.75) is 6.92 Å². The fourth-order valence-electron chi connectivity index (χ4n) is 1.37. The summed E-state index contributed by atoms with van der Waals surface area (Å²) in [5.41, 5.74) is 3.43. The van der Waals surface area contributed by atoms with Gasteiger partial charge >= 0.3 is 5.97 Å². The molecule has 0 atom stereocenters. The third-order valence-corrected chi connectivity index (χ3v) is 2.46. The van der Waals surface area contributed by atoms with Crippen molar-refractivity contribution in [2.75, 3.05) is 13.7 Å². The van der Waals surface area contributed by atoms with E-state index in [0.29, 0.717) is 23.2 Å². The van der Waals surface area contributed by atoms with Crippen LogP contribution in [-0.2, 0) is 4.79 Å². The first-order chi connectivity index (χ1) is 10.1. The number of methoxy groups -OCH3 is 1. The Morgan fingerprint density at radius 1 is 1.48 bits per heavy atom. The fraction of sp³-hybridized carbons (Fsp3) is 0.214. The highest BCUT2D eigenvalue weighted by atomic mass is 32.1. The first kappa shape index (κ1) is 16.6. The number of benzene rings is 1. The van der Waals surface area contributed by atoms with Crippen molar-refractivity contribution in [3.8, 4) is 11.5 Å². The zero-order valence-electron chi connectivity index (χ0n) is 11.9. The van der Waals surface area contributed by atoms with Gasteiger partial charge in [-0.2, -0.15) is 5.10 Å². The topological polar surface area (TPSA) is 72.0 Å². The van der Waals surface area contributed by atoms with Gasteiger partial charge in [0.15, 0.2) is 16.6 Å². The van der Waals surface area contributed by atoms with Gasteiger partial charge in [-0.1, -0.05) is 6.08 Å². The summed E-state index contributed by atoms with van der Waals surface area (Å²) < 4.78 is 10.2. The lowest BCUT2D eigenvalue weighted by atomic mass is 10.2. The van der Waals surface area contributed by atoms with Crippen molar-refractivity contribution in [1.29, 1.82) is 0 Å². The van der Waals surface area contributed by atoms with E-state index in [9.17, 15) is 4.79 Å². The summed E-state index contributed by atoms with van der Waals surface area (Å²) in [6, 6.07) is 5.08. The fourth-order valence-corrected chi connectivity index (χ4v) is 1.51. The minimum absolute atomic E-state index is 0.360. The monoisotopic (exact) mass is 307 g/mol. The highest BCUT2D eigenvalue weighted by molar-refractivity contribution is 7.80. The van der Waals surface area contributed by atoms with Gasteiger partial charge in [-0.3, -0.25) is 10.2 Å². The predicted molar refractivity (Wildman–Crippen MR) is 85.8 cm³/mol. The van der Waals surface area contributed by atoms with E-state index in [4.69, 9.17) is 21.7 Å². The summed E-state index contributed by atoms with van der Waals surface area (Å²) in [6.45, 7) is 5.46. The van der Waals surface area contributed by atoms with Crippen LogP contribution in [0.3, 0.4) is 0 Å². The van der Waals surface area contributed by atoms with Crippen LogP contribution in [0.15, 0.2) is 36.0 Å². The maximum absolute atomic E-state index is 11.0. The Labute approximate surface area is 128 Å². The van der Waals surface area contributed by atoms with E-state index >= 15 is 0 Å². The molecule has 0 aliphatic rings. The summed E-state index contributed by atoms with van der Waals surface area (Å²) in [6.07, 6.45) is 3.26. The number of carbonyl (C=O) groups is 1. The number of hydrazone groups is 1. The molecule has 0 saturated heterocycles. The predicted octanol–water partition coefficient (Wildman–Crippen LogP) is 1.60. The SMILES string of the molecule is C=CCNC(=S)N/N=C\c1ccc(OC(C)=O)c(OC)c1. The number of thiocarbonyl (C=S) groups is 1. The van der Waals surface area contributed by atoms with Crippen LogP contribution in [0.5, 0.6) is 11.5 Å². The maximum atomic E-state index is 11.0. The van der Waals surface area contributed by atoms with Crippen molar-refractivity contribution < 1.29 is 14.3 Å². The largest absolute Gasteiger partial charge is 0.493 e. The summed E-state index contributed by atoms with van der Waals surface area (Å²) >= 11 is 4.99. The van der Waals surface area contributed by atoms with Crippen LogP contribution >= 0.6 is 12.2 Å². The van der Waals surface area contributed by atoms with Crippen LogP contribution in [0, 0.1) is 0 Å². The number of hydrogen-bond donors (Lipinski definition) is 2. The van der Waals surface area contributed by atoms with Gasteiger partial charge in [0.1, 0.15) is 0 Å². The van der Waals surface area contributed by atoms with Gasteiger partial charge in [-0.15, -0.1) is 6.58 Å². The first-order valence-electron chi connectivity index (χ1n) is 6.11. The average molecular weight is 307 g/mol. The van der Waals surface area contributed by atoms with Gasteiger partial charge in [0.25, 0.3) is 0 Å². The van der Waals surface area contributed by atoms with Crippen molar-refractivity contribution in [2.24, 2.45) is 5.10 Å². The molecule has 0 saturated carbocycles. The van der Waals surface area contributed by atoms with E-state index in [1.54, 1.807) is 30.5 Å². The molecule has 7 heteroatoms. The van der Waals surface area contributed by atoms with E-state index < -0.39 is 5.97 Å². The van der Waals surface area contributed by atoms with E-state index in [0.717, 1.165) is 5.56 Å². The van der Waals surface area contributed by atoms with E-state index in [-0.39, 0.29) is 0 Å². The van der Waals surface area contributed by atoms with Crippen LogP contribution in [0.25, 0.3) is 0 Å². The van der Waals surface area contributed by atoms with Crippen LogP contribution in [0.2, 0.25) is 0 Å². The van der Waals surface area contributed by atoms with Crippen molar-refractivity contribution in [1.82, 2.24) is 10.7 Å². The minimum atomic E-state index is -0.407. The molecular formula is C14H17N3O3S. The maximum Gasteiger partial charge on any atom is 0.308 e. The number of nitrogens with one attached hydrogen (secondary N) is 2. The van der Waals surface area contributed by atoms with E-state index in [1.165, 1.54) is 14.0 Å². The Kier molecular flexibility index (Phi) is 6.90. The third-order valence-electron chi connectivity index (χ3n) is 2.23. The Hall–Kier alpha value is -2.41. The molecule has 1 aromatic carbocycles. The smallest absolute Gasteiger partial charge is 0.308 e. The summed E-state index contributed by atoms with van der Waals surface area (Å²) in [5.74, 6) is 0.398. The Balaban J connectivity index is 2.69. The van der Waals surface area contributed by atoms with E-state index in [1.807, 2.05) is 0 Å². The number of hydrogen-bond acceptors (Lipinski definition) is 5. The molecule has 1 rings (SSSR count). The molecule has 0 spiro atoms. The molecule has 21 heavy (non-hydrogen) atoms. The number of rotatable bonds is 6. The minimum Gasteiger partial charge on any atom is -0.493 e. The van der Waals surface area contributed by atoms with Crippen molar-refractivity contribution >= 4 is 29.5 Å². The second kappa shape index (κ2) is 8.70. The number of nitrogens with zero attached hydrogens (tertiary/aromatic N) is 1. The number of esters is 1. The third kappa shape index (κ3) is 6.05. The Morgan fingerprint density at radius 2 is 2.24 bits per heavy atom. The van der Waals surface area contributed by atoms with Crippen LogP contribution in [0.1, 0.15) is 12.5 Å². The van der Waals surface area contributed by atoms with Crippen molar-refractivity contribution in [3.05, 3.63) is 36.4 Å². The summed E-state index contributed by atoms with van der Waals surface area (Å²) in [4.78, 5) is 11.0. The zero-order chi connectivity index (χ0) is 15.7. The van der Waals surface area contributed by atoms with Gasteiger partial charge in [0.05, 0.1) is 13.3 Å². The molecule has 0 radical (unpaired) electrons. The highest BCUT2D eigenvalue weighted by Crippen LogP contribution is 2.27. The molecule has 0 unspecified atom stereocenters. The van der Waals surface area contributed by atoms with Crippen LogP contribution < -0.4 is 20.2 Å². The molecule has 2 N–H and O–H groups in total. The number of ether oxygens (including phenoxy) is 2. The molecule has 1 aromatic rings. The number of carbonyl (C=O) groups excluding carboxylic acids is 1. The molecule has 0 aromatic heterocycles. The van der Waals surface area contributed by atoms with Gasteiger partial charge < -0.3 is 14.8 Å². The lowest BCUT2D eigenvalue weighted by molar-refractivity contribution is -0.132. The van der Waals surface area contributed by atoms with Gasteiger partial charge in [0, 0.05) is 13.5 Å². The first-order valence-corrected chi connectivity index (χ1v) is 6.52. The summed E-state index contributed by atoms with van der Waals surface area (Å²) in [7, 11) is 1.50. The zero-order valence-corrected chi connectivity index (χ0v) is 12.7. The second-order valence-electron chi connectivity index (χ2n) is 3.87.